The van der Waals surface area contributed by atoms with Gasteiger partial charge in [-0.25, -0.2) is 19.3 Å². The Balaban J connectivity index is 1.20. The van der Waals surface area contributed by atoms with Gasteiger partial charge in [0.1, 0.15) is 11.5 Å². The molecule has 3 aromatic rings. The van der Waals surface area contributed by atoms with E-state index in [0.29, 0.717) is 17.3 Å². The Morgan fingerprint density at radius 2 is 2.07 bits per heavy atom. The fourth-order valence-corrected chi connectivity index (χ4v) is 3.99. The number of halogens is 1. The molecule has 30 heavy (non-hydrogen) atoms. The van der Waals surface area contributed by atoms with Crippen LogP contribution in [0.2, 0.25) is 0 Å². The lowest BCUT2D eigenvalue weighted by molar-refractivity contribution is 0.102. The molecule has 3 aromatic heterocycles. The number of hydrogen-bond acceptors (Lipinski definition) is 6. The summed E-state index contributed by atoms with van der Waals surface area (Å²) in [4.78, 5) is 29.9. The Morgan fingerprint density at radius 3 is 2.77 bits per heavy atom. The van der Waals surface area contributed by atoms with Gasteiger partial charge in [0.25, 0.3) is 5.91 Å². The summed E-state index contributed by atoms with van der Waals surface area (Å²) < 4.78 is 15.7. The second kappa shape index (κ2) is 7.32. The first kappa shape index (κ1) is 18.9. The summed E-state index contributed by atoms with van der Waals surface area (Å²) in [5, 5.41) is 2.67. The maximum absolute atomic E-state index is 14.2. The maximum Gasteiger partial charge on any atom is 0.275 e. The van der Waals surface area contributed by atoms with Crippen LogP contribution in [0.3, 0.4) is 0 Å². The third kappa shape index (κ3) is 3.72. The van der Waals surface area contributed by atoms with Crippen LogP contribution in [0.4, 0.5) is 15.9 Å². The normalized spacial score (nSPS) is 16.9. The van der Waals surface area contributed by atoms with E-state index in [2.05, 4.69) is 37.1 Å². The highest BCUT2D eigenvalue weighted by Crippen LogP contribution is 2.29. The van der Waals surface area contributed by atoms with Crippen LogP contribution in [0.25, 0.3) is 5.65 Å². The number of anilines is 2. The van der Waals surface area contributed by atoms with E-state index in [4.69, 9.17) is 0 Å². The highest BCUT2D eigenvalue weighted by molar-refractivity contribution is 6.02. The average molecular weight is 409 g/mol. The molecule has 0 atom stereocenters. The zero-order chi connectivity index (χ0) is 20.8. The van der Waals surface area contributed by atoms with Crippen LogP contribution < -0.4 is 10.2 Å². The molecule has 8 nitrogen and oxygen atoms in total. The van der Waals surface area contributed by atoms with Gasteiger partial charge < -0.3 is 19.5 Å². The number of nitrogens with one attached hydrogen (secondary N) is 1. The van der Waals surface area contributed by atoms with Gasteiger partial charge in [-0.15, -0.1) is 0 Å². The van der Waals surface area contributed by atoms with Gasteiger partial charge in [-0.3, -0.25) is 4.79 Å². The Morgan fingerprint density at radius 1 is 1.27 bits per heavy atom. The zero-order valence-electron chi connectivity index (χ0n) is 17.0. The van der Waals surface area contributed by atoms with Gasteiger partial charge in [0, 0.05) is 50.1 Å². The molecule has 9 heteroatoms. The van der Waals surface area contributed by atoms with Crippen LogP contribution in [0.15, 0.2) is 30.9 Å². The number of nitrogens with zero attached hydrogens (tertiary/aromatic N) is 6. The van der Waals surface area contributed by atoms with Crippen molar-refractivity contribution in [1.29, 1.82) is 0 Å². The van der Waals surface area contributed by atoms with Crippen molar-refractivity contribution in [1.82, 2.24) is 24.3 Å². The summed E-state index contributed by atoms with van der Waals surface area (Å²) in [6.07, 6.45) is 9.06. The quantitative estimate of drug-likeness (QED) is 0.673. The molecule has 4 heterocycles. The molecule has 5 rings (SSSR count). The number of amides is 1. The van der Waals surface area contributed by atoms with E-state index in [0.717, 1.165) is 31.5 Å². The van der Waals surface area contributed by atoms with Crippen molar-refractivity contribution in [3.05, 3.63) is 48.1 Å². The second-order valence-electron chi connectivity index (χ2n) is 8.35. The molecule has 2 fully saturated rings. The number of pyridine rings is 1. The van der Waals surface area contributed by atoms with Crippen LogP contribution in [-0.2, 0) is 0 Å². The van der Waals surface area contributed by atoms with E-state index < -0.39 is 11.7 Å². The molecule has 0 aromatic carbocycles. The lowest BCUT2D eigenvalue weighted by Gasteiger charge is -2.41. The van der Waals surface area contributed by atoms with Crippen molar-refractivity contribution < 1.29 is 9.18 Å². The molecule has 0 spiro atoms. The molecule has 0 bridgehead atoms. The summed E-state index contributed by atoms with van der Waals surface area (Å²) in [5.41, 5.74) is 1.45. The molecular weight excluding hydrogens is 385 g/mol. The Labute approximate surface area is 173 Å². The third-order valence-electron chi connectivity index (χ3n) is 5.75. The van der Waals surface area contributed by atoms with Crippen LogP contribution in [-0.4, -0.2) is 62.9 Å². The van der Waals surface area contributed by atoms with Crippen molar-refractivity contribution in [3.63, 3.8) is 0 Å². The Hall–Kier alpha value is -3.07. The molecule has 156 valence electrons. The van der Waals surface area contributed by atoms with Crippen LogP contribution in [0.5, 0.6) is 0 Å². The molecule has 0 radical (unpaired) electrons. The number of hydrogen-bond donors (Lipinski definition) is 1. The van der Waals surface area contributed by atoms with E-state index in [1.165, 1.54) is 25.1 Å². The van der Waals surface area contributed by atoms with E-state index in [9.17, 15) is 9.18 Å². The van der Waals surface area contributed by atoms with Gasteiger partial charge in [-0.1, -0.05) is 0 Å². The van der Waals surface area contributed by atoms with Gasteiger partial charge in [0.2, 0.25) is 0 Å². The summed E-state index contributed by atoms with van der Waals surface area (Å²) in [5.74, 6) is 0.495. The first-order valence-corrected chi connectivity index (χ1v) is 10.2. The standard InChI is InChI=1S/C21H24FN7O/c1-13-8-29-12-15(5-17(22)20(29)25-13)26-21(30)18-6-24-19(7-23-18)28-10-14(11-28)9-27(2)16-3-4-16/h5-8,12,14,16H,3-4,9-11H2,1-2H3,(H,26,30). The molecule has 1 saturated heterocycles. The van der Waals surface area contributed by atoms with Gasteiger partial charge in [0.15, 0.2) is 11.5 Å². The lowest BCUT2D eigenvalue weighted by atomic mass is 10.00. The van der Waals surface area contributed by atoms with Crippen LogP contribution in [0, 0.1) is 18.7 Å². The van der Waals surface area contributed by atoms with Gasteiger partial charge in [-0.2, -0.15) is 0 Å². The number of carbonyl (C=O) groups excluding carboxylic acids is 1. The average Bonchev–Trinajstić information content (AvgIpc) is 3.46. The van der Waals surface area contributed by atoms with E-state index in [1.807, 2.05) is 0 Å². The third-order valence-corrected chi connectivity index (χ3v) is 5.75. The number of aromatic nitrogens is 4. The zero-order valence-corrected chi connectivity index (χ0v) is 17.0. The van der Waals surface area contributed by atoms with Crippen molar-refractivity contribution >= 4 is 23.1 Å². The molecule has 2 aliphatic rings. The van der Waals surface area contributed by atoms with Gasteiger partial charge in [-0.05, 0) is 26.8 Å². The van der Waals surface area contributed by atoms with Gasteiger partial charge in [0.05, 0.1) is 23.8 Å². The van der Waals surface area contributed by atoms with E-state index in [1.54, 1.807) is 29.9 Å². The first-order valence-electron chi connectivity index (χ1n) is 10.2. The number of carbonyl (C=O) groups is 1. The molecule has 1 amide bonds. The van der Waals surface area contributed by atoms with Crippen molar-refractivity contribution in [3.8, 4) is 0 Å². The molecule has 1 saturated carbocycles. The SMILES string of the molecule is Cc1cn2cc(NC(=O)c3cnc(N4CC(CN(C)C5CC5)C4)cn3)cc(F)c2n1. The van der Waals surface area contributed by atoms with Crippen LogP contribution >= 0.6 is 0 Å². The summed E-state index contributed by atoms with van der Waals surface area (Å²) in [6.45, 7) is 4.82. The Bertz CT molecular complexity index is 1090. The van der Waals surface area contributed by atoms with Gasteiger partial charge >= 0.3 is 0 Å². The number of fused-ring (bicyclic) bond motifs is 1. The summed E-state index contributed by atoms with van der Waals surface area (Å²) >= 11 is 0. The number of imidazole rings is 1. The molecule has 0 unspecified atom stereocenters. The second-order valence-corrected chi connectivity index (χ2v) is 8.35. The number of rotatable bonds is 6. The monoisotopic (exact) mass is 409 g/mol. The topological polar surface area (TPSA) is 78.7 Å². The minimum absolute atomic E-state index is 0.187. The highest BCUT2D eigenvalue weighted by atomic mass is 19.1. The molecule has 1 aliphatic carbocycles. The lowest BCUT2D eigenvalue weighted by Crippen LogP contribution is -2.51. The maximum atomic E-state index is 14.2. The molecular formula is C21H24FN7O. The number of aryl methyl sites for hydroxylation is 1. The first-order chi connectivity index (χ1) is 14.5. The van der Waals surface area contributed by atoms with Crippen molar-refractivity contribution in [2.24, 2.45) is 5.92 Å². The van der Waals surface area contributed by atoms with Crippen molar-refractivity contribution in [2.45, 2.75) is 25.8 Å². The van der Waals surface area contributed by atoms with E-state index >= 15 is 0 Å². The minimum atomic E-state index is -0.498. The van der Waals surface area contributed by atoms with Crippen molar-refractivity contribution in [2.75, 3.05) is 36.9 Å². The predicted molar refractivity (Wildman–Crippen MR) is 111 cm³/mol. The highest BCUT2D eigenvalue weighted by Gasteiger charge is 2.33. The largest absolute Gasteiger partial charge is 0.355 e. The smallest absolute Gasteiger partial charge is 0.275 e. The fraction of sp³-hybridized carbons (Fsp3) is 0.429. The Kier molecular flexibility index (Phi) is 4.62. The van der Waals surface area contributed by atoms with Crippen LogP contribution in [0.1, 0.15) is 29.0 Å². The predicted octanol–water partition coefficient (Wildman–Crippen LogP) is 2.35. The fourth-order valence-electron chi connectivity index (χ4n) is 3.99. The van der Waals surface area contributed by atoms with E-state index in [-0.39, 0.29) is 11.3 Å². The molecule has 1 aliphatic heterocycles. The molecule has 1 N–H and O–H groups in total. The minimum Gasteiger partial charge on any atom is -0.355 e. The summed E-state index contributed by atoms with van der Waals surface area (Å²) in [7, 11) is 2.20. The summed E-state index contributed by atoms with van der Waals surface area (Å²) in [6, 6.07) is 2.03.